The molecule has 0 spiro atoms. The number of ketones is 1. The van der Waals surface area contributed by atoms with Crippen LogP contribution < -0.4 is 5.73 Å². The summed E-state index contributed by atoms with van der Waals surface area (Å²) in [6, 6.07) is 0. The fourth-order valence-electron chi connectivity index (χ4n) is 1.81. The van der Waals surface area contributed by atoms with Crippen LogP contribution in [0.3, 0.4) is 0 Å². The van der Waals surface area contributed by atoms with Crippen molar-refractivity contribution < 1.29 is 4.79 Å². The van der Waals surface area contributed by atoms with Crippen LogP contribution >= 0.6 is 0 Å². The van der Waals surface area contributed by atoms with Crippen LogP contribution in [0.1, 0.15) is 39.0 Å². The van der Waals surface area contributed by atoms with E-state index in [4.69, 9.17) is 5.73 Å². The Bertz CT molecular complexity index is 186. The quantitative estimate of drug-likeness (QED) is 0.653. The summed E-state index contributed by atoms with van der Waals surface area (Å²) in [6.45, 7) is 1.76. The number of rotatable bonds is 3. The van der Waals surface area contributed by atoms with Crippen LogP contribution in [0.25, 0.3) is 0 Å². The van der Waals surface area contributed by atoms with E-state index in [2.05, 4.69) is 0 Å². The third-order valence-corrected chi connectivity index (χ3v) is 2.35. The van der Waals surface area contributed by atoms with Gasteiger partial charge in [0, 0.05) is 12.1 Å². The first-order valence-electron chi connectivity index (χ1n) is 4.65. The average molecular weight is 167 g/mol. The molecule has 0 atom stereocenters. The van der Waals surface area contributed by atoms with Crippen LogP contribution in [-0.4, -0.2) is 5.78 Å². The summed E-state index contributed by atoms with van der Waals surface area (Å²) in [6.07, 6.45) is 7.30. The molecule has 0 aromatic heterocycles. The Morgan fingerprint density at radius 1 is 1.50 bits per heavy atom. The Morgan fingerprint density at radius 2 is 2.08 bits per heavy atom. The van der Waals surface area contributed by atoms with E-state index in [-0.39, 0.29) is 5.78 Å². The van der Waals surface area contributed by atoms with Crippen molar-refractivity contribution in [3.63, 3.8) is 0 Å². The molecule has 1 rings (SSSR count). The number of allylic oxidation sites excluding steroid dienone is 2. The van der Waals surface area contributed by atoms with Gasteiger partial charge in [-0.15, -0.1) is 0 Å². The molecule has 2 nitrogen and oxygen atoms in total. The number of hydrogen-bond donors (Lipinski definition) is 1. The predicted octanol–water partition coefficient (Wildman–Crippen LogP) is 2.00. The number of nitrogens with two attached hydrogens (primary N) is 1. The van der Waals surface area contributed by atoms with E-state index in [0.29, 0.717) is 18.0 Å². The Labute approximate surface area is 73.8 Å². The van der Waals surface area contributed by atoms with Gasteiger partial charge in [0.25, 0.3) is 0 Å². The number of hydrogen-bond acceptors (Lipinski definition) is 2. The molecule has 1 aliphatic carbocycles. The topological polar surface area (TPSA) is 43.1 Å². The lowest BCUT2D eigenvalue weighted by atomic mass is 10.0. The van der Waals surface area contributed by atoms with E-state index in [1.54, 1.807) is 13.0 Å². The van der Waals surface area contributed by atoms with Gasteiger partial charge in [-0.3, -0.25) is 4.79 Å². The molecule has 1 saturated carbocycles. The van der Waals surface area contributed by atoms with E-state index in [1.807, 2.05) is 0 Å². The maximum Gasteiger partial charge on any atom is 0.157 e. The first kappa shape index (κ1) is 9.30. The summed E-state index contributed by atoms with van der Waals surface area (Å²) in [7, 11) is 0. The summed E-state index contributed by atoms with van der Waals surface area (Å²) >= 11 is 0. The molecular weight excluding hydrogens is 150 g/mol. The van der Waals surface area contributed by atoms with Crippen molar-refractivity contribution in [2.45, 2.75) is 39.0 Å². The molecule has 0 radical (unpaired) electrons. The second-order valence-corrected chi connectivity index (χ2v) is 3.71. The molecule has 0 aliphatic heterocycles. The van der Waals surface area contributed by atoms with Crippen molar-refractivity contribution in [1.29, 1.82) is 0 Å². The minimum absolute atomic E-state index is 0.196. The second kappa shape index (κ2) is 4.29. The Balaban J connectivity index is 2.30. The van der Waals surface area contributed by atoms with Gasteiger partial charge in [-0.1, -0.05) is 25.7 Å². The van der Waals surface area contributed by atoms with Gasteiger partial charge in [-0.05, 0) is 18.9 Å². The molecular formula is C10H17NO. The van der Waals surface area contributed by atoms with Crippen molar-refractivity contribution >= 4 is 5.78 Å². The third kappa shape index (κ3) is 3.07. The van der Waals surface area contributed by atoms with Gasteiger partial charge >= 0.3 is 0 Å². The molecule has 0 bridgehead atoms. The average Bonchev–Trinajstić information content (AvgIpc) is 2.37. The van der Waals surface area contributed by atoms with Crippen molar-refractivity contribution in [3.05, 3.63) is 11.8 Å². The molecule has 0 unspecified atom stereocenters. The molecule has 0 heterocycles. The summed E-state index contributed by atoms with van der Waals surface area (Å²) in [4.78, 5) is 11.3. The highest BCUT2D eigenvalue weighted by Gasteiger charge is 2.16. The summed E-state index contributed by atoms with van der Waals surface area (Å²) < 4.78 is 0. The van der Waals surface area contributed by atoms with E-state index < -0.39 is 0 Å². The molecule has 68 valence electrons. The zero-order chi connectivity index (χ0) is 8.97. The molecule has 0 saturated heterocycles. The zero-order valence-electron chi connectivity index (χ0n) is 7.68. The Morgan fingerprint density at radius 3 is 2.58 bits per heavy atom. The van der Waals surface area contributed by atoms with Gasteiger partial charge in [0.2, 0.25) is 0 Å². The largest absolute Gasteiger partial charge is 0.402 e. The molecule has 2 heteroatoms. The number of carbonyl (C=O) groups is 1. The van der Waals surface area contributed by atoms with Crippen LogP contribution in [-0.2, 0) is 4.79 Å². The summed E-state index contributed by atoms with van der Waals surface area (Å²) in [5, 5.41) is 0. The molecule has 0 amide bonds. The van der Waals surface area contributed by atoms with E-state index in [1.165, 1.54) is 25.7 Å². The van der Waals surface area contributed by atoms with Crippen LogP contribution in [0.4, 0.5) is 0 Å². The molecule has 0 aromatic rings. The monoisotopic (exact) mass is 167 g/mol. The lowest BCUT2D eigenvalue weighted by Crippen LogP contribution is -2.04. The third-order valence-electron chi connectivity index (χ3n) is 2.35. The smallest absolute Gasteiger partial charge is 0.157 e. The normalized spacial score (nSPS) is 19.9. The zero-order valence-corrected chi connectivity index (χ0v) is 7.68. The molecule has 12 heavy (non-hydrogen) atoms. The number of carbonyl (C=O) groups excluding carboxylic acids is 1. The highest BCUT2D eigenvalue weighted by molar-refractivity contribution is 5.90. The van der Waals surface area contributed by atoms with Gasteiger partial charge in [-0.25, -0.2) is 0 Å². The lowest BCUT2D eigenvalue weighted by Gasteiger charge is -2.04. The van der Waals surface area contributed by atoms with Crippen molar-refractivity contribution in [2.75, 3.05) is 0 Å². The van der Waals surface area contributed by atoms with Crippen LogP contribution in [0.2, 0.25) is 0 Å². The van der Waals surface area contributed by atoms with Gasteiger partial charge in [0.15, 0.2) is 5.78 Å². The first-order valence-corrected chi connectivity index (χ1v) is 4.65. The fourth-order valence-corrected chi connectivity index (χ4v) is 1.81. The van der Waals surface area contributed by atoms with Crippen molar-refractivity contribution in [2.24, 2.45) is 11.7 Å². The highest BCUT2D eigenvalue weighted by Crippen LogP contribution is 2.27. The van der Waals surface area contributed by atoms with E-state index in [9.17, 15) is 4.79 Å². The first-order chi connectivity index (χ1) is 5.68. The Kier molecular flexibility index (Phi) is 3.32. The van der Waals surface area contributed by atoms with Crippen molar-refractivity contribution in [3.8, 4) is 0 Å². The second-order valence-electron chi connectivity index (χ2n) is 3.71. The SMILES string of the molecule is C/C(N)=C/C(=O)CC1CCCC1. The minimum Gasteiger partial charge on any atom is -0.402 e. The summed E-state index contributed by atoms with van der Waals surface area (Å²) in [5.41, 5.74) is 6.03. The lowest BCUT2D eigenvalue weighted by molar-refractivity contribution is -0.115. The minimum atomic E-state index is 0.196. The fraction of sp³-hybridized carbons (Fsp3) is 0.700. The standard InChI is InChI=1S/C10H17NO/c1-8(11)6-10(12)7-9-4-2-3-5-9/h6,9H,2-5,7,11H2,1H3/b8-6-. The van der Waals surface area contributed by atoms with E-state index in [0.717, 1.165) is 0 Å². The van der Waals surface area contributed by atoms with Gasteiger partial charge in [-0.2, -0.15) is 0 Å². The Hall–Kier alpha value is -0.790. The molecule has 1 aliphatic rings. The van der Waals surface area contributed by atoms with Gasteiger partial charge < -0.3 is 5.73 Å². The summed E-state index contributed by atoms with van der Waals surface area (Å²) in [5.74, 6) is 0.829. The maximum absolute atomic E-state index is 11.3. The van der Waals surface area contributed by atoms with Crippen LogP contribution in [0.15, 0.2) is 11.8 Å². The van der Waals surface area contributed by atoms with Crippen molar-refractivity contribution in [1.82, 2.24) is 0 Å². The van der Waals surface area contributed by atoms with Crippen LogP contribution in [0.5, 0.6) is 0 Å². The molecule has 1 fully saturated rings. The maximum atomic E-state index is 11.3. The predicted molar refractivity (Wildman–Crippen MR) is 49.5 cm³/mol. The highest BCUT2D eigenvalue weighted by atomic mass is 16.1. The van der Waals surface area contributed by atoms with Gasteiger partial charge in [0.1, 0.15) is 0 Å². The van der Waals surface area contributed by atoms with Gasteiger partial charge in [0.05, 0.1) is 0 Å². The molecule has 0 aromatic carbocycles. The van der Waals surface area contributed by atoms with Crippen LogP contribution in [0, 0.1) is 5.92 Å². The van der Waals surface area contributed by atoms with E-state index >= 15 is 0 Å². The molecule has 2 N–H and O–H groups in total.